The summed E-state index contributed by atoms with van der Waals surface area (Å²) in [4.78, 5) is 17.4. The number of fused-ring (bicyclic) bond motifs is 1. The number of benzene rings is 1. The number of rotatable bonds is 3. The average Bonchev–Trinajstić information content (AvgIpc) is 3.33. The molecule has 0 saturated heterocycles. The van der Waals surface area contributed by atoms with Gasteiger partial charge in [0.25, 0.3) is 0 Å². The normalized spacial score (nSPS) is 18.4. The maximum Gasteiger partial charge on any atom is 0.225 e. The molecular formula is C18H20N2O2. The van der Waals surface area contributed by atoms with Crippen molar-refractivity contribution in [2.24, 2.45) is 5.92 Å². The number of aromatic nitrogens is 1. The summed E-state index contributed by atoms with van der Waals surface area (Å²) < 4.78 is 5.33. The Morgan fingerprint density at radius 2 is 2.23 bits per heavy atom. The van der Waals surface area contributed by atoms with Crippen LogP contribution in [0.2, 0.25) is 0 Å². The van der Waals surface area contributed by atoms with Gasteiger partial charge in [-0.25, -0.2) is 0 Å². The second-order valence-electron chi connectivity index (χ2n) is 6.15. The first-order valence-corrected chi connectivity index (χ1v) is 7.89. The van der Waals surface area contributed by atoms with E-state index in [9.17, 15) is 4.79 Å². The largest absolute Gasteiger partial charge is 0.497 e. The number of nitrogens with one attached hydrogen (secondary N) is 1. The molecule has 0 bridgehead atoms. The van der Waals surface area contributed by atoms with Crippen LogP contribution in [-0.4, -0.2) is 36.0 Å². The van der Waals surface area contributed by atoms with E-state index in [0.29, 0.717) is 11.8 Å². The van der Waals surface area contributed by atoms with E-state index in [0.717, 1.165) is 43.6 Å². The molecule has 4 nitrogen and oxygen atoms in total. The van der Waals surface area contributed by atoms with Gasteiger partial charge in [0.15, 0.2) is 0 Å². The number of nitrogens with zero attached hydrogens (tertiary/aromatic N) is 1. The Morgan fingerprint density at radius 1 is 1.36 bits per heavy atom. The molecule has 22 heavy (non-hydrogen) atoms. The third-order valence-corrected chi connectivity index (χ3v) is 4.68. The first-order chi connectivity index (χ1) is 10.8. The summed E-state index contributed by atoms with van der Waals surface area (Å²) in [5, 5.41) is 1.19. The van der Waals surface area contributed by atoms with Crippen LogP contribution in [-0.2, 0) is 4.79 Å². The highest BCUT2D eigenvalue weighted by Gasteiger charge is 2.33. The molecule has 1 fully saturated rings. The first-order valence-electron chi connectivity index (χ1n) is 7.89. The third kappa shape index (κ3) is 2.28. The number of methoxy groups -OCH3 is 1. The number of carbonyl (C=O) groups excluding carboxylic acids is 1. The highest BCUT2D eigenvalue weighted by atomic mass is 16.5. The Labute approximate surface area is 129 Å². The van der Waals surface area contributed by atoms with Gasteiger partial charge in [-0.15, -0.1) is 0 Å². The van der Waals surface area contributed by atoms with Crippen molar-refractivity contribution >= 4 is 22.4 Å². The van der Waals surface area contributed by atoms with Gasteiger partial charge in [0, 0.05) is 41.7 Å². The van der Waals surface area contributed by atoms with Crippen LogP contribution in [0.5, 0.6) is 5.75 Å². The van der Waals surface area contributed by atoms with Crippen LogP contribution in [0.15, 0.2) is 30.5 Å². The van der Waals surface area contributed by atoms with Gasteiger partial charge in [0.1, 0.15) is 5.75 Å². The number of hydrogen-bond acceptors (Lipinski definition) is 2. The molecular weight excluding hydrogens is 276 g/mol. The number of H-pyrrole nitrogens is 1. The second-order valence-corrected chi connectivity index (χ2v) is 6.15. The number of aromatic amines is 1. The second kappa shape index (κ2) is 5.20. The molecule has 1 aliphatic carbocycles. The van der Waals surface area contributed by atoms with E-state index in [1.165, 1.54) is 16.5 Å². The molecule has 0 radical (unpaired) electrons. The Balaban J connectivity index is 1.61. The van der Waals surface area contributed by atoms with E-state index < -0.39 is 0 Å². The minimum atomic E-state index is 0.312. The van der Waals surface area contributed by atoms with E-state index >= 15 is 0 Å². The summed E-state index contributed by atoms with van der Waals surface area (Å²) >= 11 is 0. The summed E-state index contributed by atoms with van der Waals surface area (Å²) in [6, 6.07) is 6.08. The minimum Gasteiger partial charge on any atom is -0.497 e. The highest BCUT2D eigenvalue weighted by Crippen LogP contribution is 2.34. The fraction of sp³-hybridized carbons (Fsp3) is 0.389. The lowest BCUT2D eigenvalue weighted by Gasteiger charge is -2.26. The van der Waals surface area contributed by atoms with Crippen molar-refractivity contribution in [3.05, 3.63) is 36.0 Å². The van der Waals surface area contributed by atoms with Crippen molar-refractivity contribution < 1.29 is 9.53 Å². The lowest BCUT2D eigenvalue weighted by Crippen LogP contribution is -2.35. The van der Waals surface area contributed by atoms with E-state index in [4.69, 9.17) is 4.74 Å². The van der Waals surface area contributed by atoms with Gasteiger partial charge < -0.3 is 14.6 Å². The zero-order valence-electron chi connectivity index (χ0n) is 12.8. The van der Waals surface area contributed by atoms with Crippen molar-refractivity contribution in [3.63, 3.8) is 0 Å². The fourth-order valence-electron chi connectivity index (χ4n) is 3.19. The predicted molar refractivity (Wildman–Crippen MR) is 86.7 cm³/mol. The standard InChI is InChI=1S/C18H20N2O2/c1-22-14-4-5-17-15(10-14)16(11-19-17)12-6-8-20(9-7-12)18(21)13-2-3-13/h4-6,10-11,13,19H,2-3,7-9H2,1H3. The lowest BCUT2D eigenvalue weighted by atomic mass is 9.98. The number of ether oxygens (including phenoxy) is 1. The van der Waals surface area contributed by atoms with Gasteiger partial charge in [-0.05, 0) is 43.0 Å². The molecule has 1 aromatic heterocycles. The minimum absolute atomic E-state index is 0.312. The van der Waals surface area contributed by atoms with Gasteiger partial charge in [0.05, 0.1) is 7.11 Å². The van der Waals surface area contributed by atoms with E-state index in [1.807, 2.05) is 17.0 Å². The molecule has 2 aromatic rings. The topological polar surface area (TPSA) is 45.3 Å². The zero-order valence-corrected chi connectivity index (χ0v) is 12.8. The maximum atomic E-state index is 12.1. The van der Waals surface area contributed by atoms with Crippen LogP contribution in [0, 0.1) is 5.92 Å². The van der Waals surface area contributed by atoms with Crippen LogP contribution < -0.4 is 4.74 Å². The summed E-state index contributed by atoms with van der Waals surface area (Å²) in [5.74, 6) is 1.53. The third-order valence-electron chi connectivity index (χ3n) is 4.68. The monoisotopic (exact) mass is 296 g/mol. The van der Waals surface area contributed by atoms with E-state index in [1.54, 1.807) is 7.11 Å². The van der Waals surface area contributed by atoms with E-state index in [2.05, 4.69) is 23.3 Å². The molecule has 1 N–H and O–H groups in total. The number of hydrogen-bond donors (Lipinski definition) is 1. The highest BCUT2D eigenvalue weighted by molar-refractivity contribution is 5.94. The molecule has 2 aliphatic rings. The van der Waals surface area contributed by atoms with Crippen molar-refractivity contribution in [1.29, 1.82) is 0 Å². The lowest BCUT2D eigenvalue weighted by molar-refractivity contribution is -0.132. The Kier molecular flexibility index (Phi) is 3.17. The molecule has 1 saturated carbocycles. The van der Waals surface area contributed by atoms with Gasteiger partial charge in [-0.1, -0.05) is 6.08 Å². The molecule has 4 rings (SSSR count). The predicted octanol–water partition coefficient (Wildman–Crippen LogP) is 3.20. The molecule has 114 valence electrons. The summed E-state index contributed by atoms with van der Waals surface area (Å²) in [5.41, 5.74) is 3.67. The smallest absolute Gasteiger partial charge is 0.225 e. The van der Waals surface area contributed by atoms with Crippen LogP contribution >= 0.6 is 0 Å². The summed E-state index contributed by atoms with van der Waals surface area (Å²) in [7, 11) is 1.69. The van der Waals surface area contributed by atoms with Crippen LogP contribution in [0.3, 0.4) is 0 Å². The first kappa shape index (κ1) is 13.4. The molecule has 1 amide bonds. The molecule has 1 aliphatic heterocycles. The van der Waals surface area contributed by atoms with Crippen LogP contribution in [0.25, 0.3) is 16.5 Å². The Hall–Kier alpha value is -2.23. The van der Waals surface area contributed by atoms with Crippen molar-refractivity contribution in [2.75, 3.05) is 20.2 Å². The summed E-state index contributed by atoms with van der Waals surface area (Å²) in [6.07, 6.45) is 7.34. The van der Waals surface area contributed by atoms with Crippen LogP contribution in [0.1, 0.15) is 24.8 Å². The fourth-order valence-corrected chi connectivity index (χ4v) is 3.19. The summed E-state index contributed by atoms with van der Waals surface area (Å²) in [6.45, 7) is 1.57. The Morgan fingerprint density at radius 3 is 2.91 bits per heavy atom. The quantitative estimate of drug-likeness (QED) is 0.945. The van der Waals surface area contributed by atoms with Crippen molar-refractivity contribution in [3.8, 4) is 5.75 Å². The van der Waals surface area contributed by atoms with E-state index in [-0.39, 0.29) is 0 Å². The van der Waals surface area contributed by atoms with Gasteiger partial charge in [0.2, 0.25) is 5.91 Å². The number of amides is 1. The molecule has 1 aromatic carbocycles. The molecule has 4 heteroatoms. The van der Waals surface area contributed by atoms with Gasteiger partial charge in [-0.3, -0.25) is 4.79 Å². The van der Waals surface area contributed by atoms with Gasteiger partial charge >= 0.3 is 0 Å². The van der Waals surface area contributed by atoms with Crippen LogP contribution in [0.4, 0.5) is 0 Å². The van der Waals surface area contributed by atoms with Crippen molar-refractivity contribution in [2.45, 2.75) is 19.3 Å². The molecule has 0 unspecified atom stereocenters. The maximum absolute atomic E-state index is 12.1. The number of carbonyl (C=O) groups is 1. The Bertz CT molecular complexity index is 756. The average molecular weight is 296 g/mol. The molecule has 0 atom stereocenters. The molecule has 0 spiro atoms. The SMILES string of the molecule is COc1ccc2[nH]cc(C3=CCN(C(=O)C4CC4)CC3)c2c1. The zero-order chi connectivity index (χ0) is 15.1. The molecule has 2 heterocycles. The van der Waals surface area contributed by atoms with Crippen molar-refractivity contribution in [1.82, 2.24) is 9.88 Å². The van der Waals surface area contributed by atoms with Gasteiger partial charge in [-0.2, -0.15) is 0 Å².